The monoisotopic (exact) mass is 328 g/mol. The first-order chi connectivity index (χ1) is 8.81. The van der Waals surface area contributed by atoms with Gasteiger partial charge in [-0.1, -0.05) is 22.0 Å². The highest BCUT2D eigenvalue weighted by Gasteiger charge is 2.21. The van der Waals surface area contributed by atoms with Gasteiger partial charge in [0.25, 0.3) is 0 Å². The standard InChI is InChI=1S/C13H17BrN2O3/c1-8-3-4-10(14)5-9(8)7-16(2)13(19)11(15)6-12(17)18/h3-5,11H,6-7,15H2,1-2H3,(H,17,18). The molecule has 0 saturated carbocycles. The average Bonchev–Trinajstić information content (AvgIpc) is 2.31. The van der Waals surface area contributed by atoms with E-state index in [2.05, 4.69) is 15.9 Å². The fraction of sp³-hybridized carbons (Fsp3) is 0.385. The number of carbonyl (C=O) groups excluding carboxylic acids is 1. The molecule has 0 aliphatic carbocycles. The largest absolute Gasteiger partial charge is 0.481 e. The molecule has 19 heavy (non-hydrogen) atoms. The van der Waals surface area contributed by atoms with Crippen LogP contribution in [0, 0.1) is 6.92 Å². The number of aliphatic carboxylic acids is 1. The van der Waals surface area contributed by atoms with Crippen molar-refractivity contribution in [2.75, 3.05) is 7.05 Å². The molecule has 0 fully saturated rings. The van der Waals surface area contributed by atoms with E-state index >= 15 is 0 Å². The number of rotatable bonds is 5. The van der Waals surface area contributed by atoms with Crippen LogP contribution in [-0.2, 0) is 16.1 Å². The van der Waals surface area contributed by atoms with Crippen LogP contribution in [0.2, 0.25) is 0 Å². The Hall–Kier alpha value is -1.40. The van der Waals surface area contributed by atoms with Gasteiger partial charge in [-0.2, -0.15) is 0 Å². The normalized spacial score (nSPS) is 12.0. The van der Waals surface area contributed by atoms with Crippen LogP contribution in [0.25, 0.3) is 0 Å². The number of carboxylic acids is 1. The molecule has 1 unspecified atom stereocenters. The van der Waals surface area contributed by atoms with Crippen molar-refractivity contribution < 1.29 is 14.7 Å². The summed E-state index contributed by atoms with van der Waals surface area (Å²) in [6.07, 6.45) is -0.360. The second-order valence-corrected chi connectivity index (χ2v) is 5.39. The van der Waals surface area contributed by atoms with Gasteiger partial charge < -0.3 is 15.7 Å². The van der Waals surface area contributed by atoms with Gasteiger partial charge in [-0.3, -0.25) is 9.59 Å². The fourth-order valence-electron chi connectivity index (χ4n) is 1.70. The van der Waals surface area contributed by atoms with Crippen molar-refractivity contribution in [3.05, 3.63) is 33.8 Å². The maximum atomic E-state index is 11.9. The first-order valence-electron chi connectivity index (χ1n) is 5.78. The molecule has 0 saturated heterocycles. The molecule has 0 bridgehead atoms. The van der Waals surface area contributed by atoms with Crippen LogP contribution in [0.1, 0.15) is 17.5 Å². The van der Waals surface area contributed by atoms with Crippen molar-refractivity contribution >= 4 is 27.8 Å². The smallest absolute Gasteiger partial charge is 0.305 e. The third kappa shape index (κ3) is 4.65. The van der Waals surface area contributed by atoms with Crippen LogP contribution >= 0.6 is 15.9 Å². The number of halogens is 1. The summed E-state index contributed by atoms with van der Waals surface area (Å²) in [7, 11) is 1.62. The van der Waals surface area contributed by atoms with E-state index in [-0.39, 0.29) is 12.3 Å². The molecule has 6 heteroatoms. The predicted molar refractivity (Wildman–Crippen MR) is 75.6 cm³/mol. The lowest BCUT2D eigenvalue weighted by Crippen LogP contribution is -2.42. The van der Waals surface area contributed by atoms with Gasteiger partial charge in [-0.15, -0.1) is 0 Å². The summed E-state index contributed by atoms with van der Waals surface area (Å²) in [6, 6.07) is 4.81. The number of aryl methyl sites for hydroxylation is 1. The van der Waals surface area contributed by atoms with Gasteiger partial charge >= 0.3 is 5.97 Å². The van der Waals surface area contributed by atoms with Gasteiger partial charge in [0.15, 0.2) is 0 Å². The number of benzene rings is 1. The van der Waals surface area contributed by atoms with E-state index in [4.69, 9.17) is 10.8 Å². The Morgan fingerprint density at radius 1 is 1.47 bits per heavy atom. The Morgan fingerprint density at radius 2 is 2.11 bits per heavy atom. The molecule has 0 aromatic heterocycles. The van der Waals surface area contributed by atoms with E-state index in [0.717, 1.165) is 15.6 Å². The summed E-state index contributed by atoms with van der Waals surface area (Å²) in [4.78, 5) is 23.9. The van der Waals surface area contributed by atoms with Crippen molar-refractivity contribution in [3.63, 3.8) is 0 Å². The van der Waals surface area contributed by atoms with Gasteiger partial charge in [0.1, 0.15) is 0 Å². The molecule has 1 amide bonds. The van der Waals surface area contributed by atoms with Crippen molar-refractivity contribution in [1.82, 2.24) is 4.90 Å². The second kappa shape index (κ2) is 6.68. The number of carboxylic acid groups (broad SMARTS) is 1. The number of carbonyl (C=O) groups is 2. The highest BCUT2D eigenvalue weighted by molar-refractivity contribution is 9.10. The third-order valence-corrected chi connectivity index (χ3v) is 3.30. The minimum Gasteiger partial charge on any atom is -0.481 e. The second-order valence-electron chi connectivity index (χ2n) is 4.47. The number of likely N-dealkylation sites (N-methyl/N-ethyl adjacent to an activating group) is 1. The van der Waals surface area contributed by atoms with Gasteiger partial charge in [0, 0.05) is 18.1 Å². The molecule has 5 nitrogen and oxygen atoms in total. The van der Waals surface area contributed by atoms with Gasteiger partial charge in [0.05, 0.1) is 12.5 Å². The highest BCUT2D eigenvalue weighted by Crippen LogP contribution is 2.17. The molecule has 0 aliphatic rings. The van der Waals surface area contributed by atoms with Crippen LogP contribution in [0.15, 0.2) is 22.7 Å². The lowest BCUT2D eigenvalue weighted by atomic mass is 10.1. The van der Waals surface area contributed by atoms with E-state index in [1.807, 2.05) is 25.1 Å². The van der Waals surface area contributed by atoms with Gasteiger partial charge in [0.2, 0.25) is 5.91 Å². The van der Waals surface area contributed by atoms with Crippen LogP contribution in [-0.4, -0.2) is 35.0 Å². The van der Waals surface area contributed by atoms with Crippen LogP contribution < -0.4 is 5.73 Å². The van der Waals surface area contributed by atoms with Crippen LogP contribution in [0.4, 0.5) is 0 Å². The number of nitrogens with zero attached hydrogens (tertiary/aromatic N) is 1. The third-order valence-electron chi connectivity index (χ3n) is 2.81. The summed E-state index contributed by atoms with van der Waals surface area (Å²) >= 11 is 3.38. The Morgan fingerprint density at radius 3 is 2.68 bits per heavy atom. The van der Waals surface area contributed by atoms with Gasteiger partial charge in [-0.05, 0) is 30.2 Å². The topological polar surface area (TPSA) is 83.6 Å². The molecule has 3 N–H and O–H groups in total. The fourth-order valence-corrected chi connectivity index (χ4v) is 2.11. The van der Waals surface area contributed by atoms with Crippen LogP contribution in [0.5, 0.6) is 0 Å². The average molecular weight is 329 g/mol. The first-order valence-corrected chi connectivity index (χ1v) is 6.58. The summed E-state index contributed by atoms with van der Waals surface area (Å²) in [5, 5.41) is 8.63. The quantitative estimate of drug-likeness (QED) is 0.858. The maximum Gasteiger partial charge on any atom is 0.305 e. The zero-order chi connectivity index (χ0) is 14.6. The Kier molecular flexibility index (Phi) is 5.50. The van der Waals surface area contributed by atoms with Crippen molar-refractivity contribution in [3.8, 4) is 0 Å². The minimum absolute atomic E-state index is 0.360. The summed E-state index contributed by atoms with van der Waals surface area (Å²) in [6.45, 7) is 2.36. The molecule has 1 atom stereocenters. The van der Waals surface area contributed by atoms with E-state index in [9.17, 15) is 9.59 Å². The molecule has 0 radical (unpaired) electrons. The zero-order valence-electron chi connectivity index (χ0n) is 10.9. The van der Waals surface area contributed by atoms with Crippen LogP contribution in [0.3, 0.4) is 0 Å². The first kappa shape index (κ1) is 15.7. The molecule has 1 rings (SSSR count). The lowest BCUT2D eigenvalue weighted by Gasteiger charge is -2.21. The Labute approximate surface area is 120 Å². The number of amides is 1. The summed E-state index contributed by atoms with van der Waals surface area (Å²) in [5.41, 5.74) is 7.62. The molecule has 104 valence electrons. The number of hydrogen-bond acceptors (Lipinski definition) is 3. The summed E-state index contributed by atoms with van der Waals surface area (Å²) in [5.74, 6) is -1.45. The molecule has 1 aromatic rings. The highest BCUT2D eigenvalue weighted by atomic mass is 79.9. The van der Waals surface area contributed by atoms with E-state index in [1.54, 1.807) is 7.05 Å². The molecular weight excluding hydrogens is 312 g/mol. The molecular formula is C13H17BrN2O3. The van der Waals surface area contributed by atoms with Crippen molar-refractivity contribution in [2.24, 2.45) is 5.73 Å². The molecule has 0 spiro atoms. The van der Waals surface area contributed by atoms with Crippen molar-refractivity contribution in [2.45, 2.75) is 25.9 Å². The Balaban J connectivity index is 2.73. The maximum absolute atomic E-state index is 11.9. The van der Waals surface area contributed by atoms with E-state index in [0.29, 0.717) is 6.54 Å². The molecule has 0 aliphatic heterocycles. The SMILES string of the molecule is Cc1ccc(Br)cc1CN(C)C(=O)C(N)CC(=O)O. The number of hydrogen-bond donors (Lipinski definition) is 2. The Bertz CT molecular complexity index is 491. The predicted octanol–water partition coefficient (Wildman–Crippen LogP) is 1.52. The molecule has 0 heterocycles. The van der Waals surface area contributed by atoms with Crippen molar-refractivity contribution in [1.29, 1.82) is 0 Å². The van der Waals surface area contributed by atoms with E-state index < -0.39 is 12.0 Å². The van der Waals surface area contributed by atoms with Gasteiger partial charge in [-0.25, -0.2) is 0 Å². The lowest BCUT2D eigenvalue weighted by molar-refractivity contribution is -0.141. The zero-order valence-corrected chi connectivity index (χ0v) is 12.5. The molecule has 1 aromatic carbocycles. The summed E-state index contributed by atoms with van der Waals surface area (Å²) < 4.78 is 0.934. The minimum atomic E-state index is -1.08. The van der Waals surface area contributed by atoms with E-state index in [1.165, 1.54) is 4.90 Å². The number of nitrogens with two attached hydrogens (primary N) is 1.